The number of nitrogens with zero attached hydrogens (tertiary/aromatic N) is 2. The molecule has 0 aliphatic carbocycles. The number of hydrogen-bond acceptors (Lipinski definition) is 4. The molecule has 1 aromatic heterocycles. The van der Waals surface area contributed by atoms with Crippen molar-refractivity contribution >= 4 is 17.6 Å². The molecule has 0 fully saturated rings. The molecule has 1 heterocycles. The van der Waals surface area contributed by atoms with Crippen LogP contribution >= 0.6 is 0 Å². The first kappa shape index (κ1) is 17.5. The van der Waals surface area contributed by atoms with Crippen molar-refractivity contribution in [1.29, 1.82) is 0 Å². The van der Waals surface area contributed by atoms with Gasteiger partial charge in [0.1, 0.15) is 5.82 Å². The van der Waals surface area contributed by atoms with E-state index >= 15 is 0 Å². The quantitative estimate of drug-likeness (QED) is 0.810. The van der Waals surface area contributed by atoms with Crippen LogP contribution in [0.2, 0.25) is 0 Å². The van der Waals surface area contributed by atoms with E-state index in [1.807, 2.05) is 37.2 Å². The van der Waals surface area contributed by atoms with Crippen molar-refractivity contribution in [3.8, 4) is 0 Å². The first-order chi connectivity index (χ1) is 11.6. The van der Waals surface area contributed by atoms with Gasteiger partial charge in [-0.1, -0.05) is 24.3 Å². The van der Waals surface area contributed by atoms with E-state index in [9.17, 15) is 9.59 Å². The number of pyridine rings is 1. The molecule has 0 radical (unpaired) electrons. The van der Waals surface area contributed by atoms with Gasteiger partial charge < -0.3 is 15.5 Å². The Kier molecular flexibility index (Phi) is 6.31. The van der Waals surface area contributed by atoms with Crippen molar-refractivity contribution in [2.75, 3.05) is 25.5 Å². The zero-order valence-electron chi connectivity index (χ0n) is 14.0. The van der Waals surface area contributed by atoms with E-state index in [0.29, 0.717) is 18.7 Å². The molecule has 0 unspecified atom stereocenters. The molecule has 0 saturated carbocycles. The highest BCUT2D eigenvalue weighted by molar-refractivity contribution is 5.94. The summed E-state index contributed by atoms with van der Waals surface area (Å²) in [7, 11) is 3.82. The lowest BCUT2D eigenvalue weighted by Gasteiger charge is -2.16. The molecule has 2 N–H and O–H groups in total. The van der Waals surface area contributed by atoms with Gasteiger partial charge in [-0.3, -0.25) is 9.59 Å². The van der Waals surface area contributed by atoms with Gasteiger partial charge in [0, 0.05) is 50.9 Å². The maximum atomic E-state index is 11.9. The Morgan fingerprint density at radius 2 is 1.79 bits per heavy atom. The highest BCUT2D eigenvalue weighted by Crippen LogP contribution is 2.13. The van der Waals surface area contributed by atoms with Crippen LogP contribution < -0.4 is 15.5 Å². The fourth-order valence-corrected chi connectivity index (χ4v) is 2.23. The minimum atomic E-state index is -0.175. The fraction of sp³-hybridized carbons (Fsp3) is 0.278. The van der Waals surface area contributed by atoms with Gasteiger partial charge in [-0.15, -0.1) is 0 Å². The number of rotatable bonds is 7. The summed E-state index contributed by atoms with van der Waals surface area (Å²) in [6.45, 7) is 0.708. The third-order valence-electron chi connectivity index (χ3n) is 3.44. The normalized spacial score (nSPS) is 10.1. The molecule has 0 atom stereocenters. The smallest absolute Gasteiger partial charge is 0.251 e. The van der Waals surface area contributed by atoms with E-state index in [1.165, 1.54) is 0 Å². The Bertz CT molecular complexity index is 686. The van der Waals surface area contributed by atoms with E-state index < -0.39 is 0 Å². The second-order valence-corrected chi connectivity index (χ2v) is 5.53. The molecule has 0 saturated heterocycles. The monoisotopic (exact) mass is 326 g/mol. The van der Waals surface area contributed by atoms with E-state index in [-0.39, 0.29) is 18.2 Å². The van der Waals surface area contributed by atoms with E-state index in [1.54, 1.807) is 30.5 Å². The summed E-state index contributed by atoms with van der Waals surface area (Å²) in [5.41, 5.74) is 1.54. The van der Waals surface area contributed by atoms with Crippen LogP contribution in [0.3, 0.4) is 0 Å². The number of benzene rings is 1. The second kappa shape index (κ2) is 8.67. The Morgan fingerprint density at radius 1 is 1.04 bits per heavy atom. The van der Waals surface area contributed by atoms with Gasteiger partial charge in [0.25, 0.3) is 5.91 Å². The van der Waals surface area contributed by atoms with Gasteiger partial charge in [-0.2, -0.15) is 0 Å². The third-order valence-corrected chi connectivity index (χ3v) is 3.44. The Balaban J connectivity index is 1.75. The molecule has 0 aliphatic rings. The highest BCUT2D eigenvalue weighted by Gasteiger charge is 2.08. The van der Waals surface area contributed by atoms with E-state index in [0.717, 1.165) is 11.4 Å². The average Bonchev–Trinajstić information content (AvgIpc) is 2.60. The predicted octanol–water partition coefficient (Wildman–Crippen LogP) is 1.58. The molecular formula is C18H22N4O2. The number of nitrogens with one attached hydrogen (secondary N) is 2. The molecule has 6 heteroatoms. The SMILES string of the molecule is CN(C)c1ncccc1CNC(=O)CCNC(=O)c1ccccc1. The number of hydrogen-bond donors (Lipinski definition) is 2. The lowest BCUT2D eigenvalue weighted by molar-refractivity contribution is -0.121. The fourth-order valence-electron chi connectivity index (χ4n) is 2.23. The maximum absolute atomic E-state index is 11.9. The van der Waals surface area contributed by atoms with Gasteiger partial charge in [0.05, 0.1) is 0 Å². The predicted molar refractivity (Wildman–Crippen MR) is 93.8 cm³/mol. The van der Waals surface area contributed by atoms with E-state index in [2.05, 4.69) is 15.6 Å². The number of anilines is 1. The van der Waals surface area contributed by atoms with Gasteiger partial charge in [-0.05, 0) is 18.2 Å². The van der Waals surface area contributed by atoms with Gasteiger partial charge in [-0.25, -0.2) is 4.98 Å². The molecule has 0 bridgehead atoms. The van der Waals surface area contributed by atoms with Crippen molar-refractivity contribution in [2.45, 2.75) is 13.0 Å². The minimum Gasteiger partial charge on any atom is -0.362 e. The maximum Gasteiger partial charge on any atom is 0.251 e. The summed E-state index contributed by atoms with van der Waals surface area (Å²) >= 11 is 0. The topological polar surface area (TPSA) is 74.3 Å². The molecule has 0 spiro atoms. The summed E-state index contributed by atoms with van der Waals surface area (Å²) in [6.07, 6.45) is 1.95. The molecule has 6 nitrogen and oxygen atoms in total. The molecular weight excluding hydrogens is 304 g/mol. The highest BCUT2D eigenvalue weighted by atomic mass is 16.2. The van der Waals surface area contributed by atoms with Gasteiger partial charge >= 0.3 is 0 Å². The van der Waals surface area contributed by atoms with Crippen LogP contribution in [0.1, 0.15) is 22.3 Å². The van der Waals surface area contributed by atoms with Crippen molar-refractivity contribution in [3.63, 3.8) is 0 Å². The summed E-state index contributed by atoms with van der Waals surface area (Å²) in [5, 5.41) is 5.59. The van der Waals surface area contributed by atoms with Crippen LogP contribution in [-0.2, 0) is 11.3 Å². The summed E-state index contributed by atoms with van der Waals surface area (Å²) in [6, 6.07) is 12.7. The molecule has 126 valence electrons. The lowest BCUT2D eigenvalue weighted by Crippen LogP contribution is -2.30. The first-order valence-electron chi connectivity index (χ1n) is 7.79. The third kappa shape index (κ3) is 5.08. The molecule has 24 heavy (non-hydrogen) atoms. The zero-order valence-corrected chi connectivity index (χ0v) is 14.0. The molecule has 2 aromatic rings. The zero-order chi connectivity index (χ0) is 17.4. The molecule has 2 amide bonds. The summed E-state index contributed by atoms with van der Waals surface area (Å²) in [4.78, 5) is 30.0. The van der Waals surface area contributed by atoms with Crippen molar-refractivity contribution in [2.24, 2.45) is 0 Å². The number of aromatic nitrogens is 1. The van der Waals surface area contributed by atoms with Gasteiger partial charge in [0.2, 0.25) is 5.91 Å². The molecule has 0 aliphatic heterocycles. The Morgan fingerprint density at radius 3 is 2.50 bits per heavy atom. The number of carbonyl (C=O) groups excluding carboxylic acids is 2. The minimum absolute atomic E-state index is 0.114. The van der Waals surface area contributed by atoms with Crippen molar-refractivity contribution in [1.82, 2.24) is 15.6 Å². The van der Waals surface area contributed by atoms with Crippen LogP contribution in [0, 0.1) is 0 Å². The van der Waals surface area contributed by atoms with Crippen molar-refractivity contribution < 1.29 is 9.59 Å². The Labute approximate surface area is 141 Å². The molecule has 1 aromatic carbocycles. The molecule has 2 rings (SSSR count). The lowest BCUT2D eigenvalue weighted by atomic mass is 10.2. The summed E-state index contributed by atoms with van der Waals surface area (Å²) in [5.74, 6) is 0.539. The second-order valence-electron chi connectivity index (χ2n) is 5.53. The van der Waals surface area contributed by atoms with Gasteiger partial charge in [0.15, 0.2) is 0 Å². The van der Waals surface area contributed by atoms with Crippen LogP contribution in [0.4, 0.5) is 5.82 Å². The number of carbonyl (C=O) groups is 2. The largest absolute Gasteiger partial charge is 0.362 e. The Hall–Kier alpha value is -2.89. The van der Waals surface area contributed by atoms with Crippen molar-refractivity contribution in [3.05, 3.63) is 59.8 Å². The van der Waals surface area contributed by atoms with Crippen LogP contribution in [0.5, 0.6) is 0 Å². The first-order valence-corrected chi connectivity index (χ1v) is 7.79. The van der Waals surface area contributed by atoms with Crippen LogP contribution in [-0.4, -0.2) is 37.4 Å². The average molecular weight is 326 g/mol. The van der Waals surface area contributed by atoms with Crippen LogP contribution in [0.15, 0.2) is 48.7 Å². The number of amides is 2. The van der Waals surface area contributed by atoms with Crippen LogP contribution in [0.25, 0.3) is 0 Å². The summed E-state index contributed by atoms with van der Waals surface area (Å²) < 4.78 is 0. The standard InChI is InChI=1S/C18H22N4O2/c1-22(2)17-15(9-6-11-19-17)13-21-16(23)10-12-20-18(24)14-7-4-3-5-8-14/h3-9,11H,10,12-13H2,1-2H3,(H,20,24)(H,21,23). The van der Waals surface area contributed by atoms with E-state index in [4.69, 9.17) is 0 Å².